The molecular weight excluding hydrogens is 448 g/mol. The van der Waals surface area contributed by atoms with E-state index in [9.17, 15) is 13.2 Å². The minimum absolute atomic E-state index is 0.169. The molecule has 0 unspecified atom stereocenters. The number of hydrogen-bond donors (Lipinski definition) is 1. The van der Waals surface area contributed by atoms with Gasteiger partial charge in [-0.25, -0.2) is 8.42 Å². The number of methoxy groups -OCH3 is 1. The SMILES string of the molecule is COc1ccc(OC[C@H](C)NC(=O)CCCN(c2ccc3c(c2)OCCO3)S(C)(=O)=O)cc1. The lowest BCUT2D eigenvalue weighted by Crippen LogP contribution is -2.37. The van der Waals surface area contributed by atoms with Gasteiger partial charge in [0.25, 0.3) is 0 Å². The van der Waals surface area contributed by atoms with Crippen molar-refractivity contribution in [3.8, 4) is 23.0 Å². The van der Waals surface area contributed by atoms with Gasteiger partial charge in [-0.1, -0.05) is 0 Å². The van der Waals surface area contributed by atoms with Crippen molar-refractivity contribution in [2.45, 2.75) is 25.8 Å². The molecule has 0 aromatic heterocycles. The number of nitrogens with one attached hydrogen (secondary N) is 1. The monoisotopic (exact) mass is 478 g/mol. The summed E-state index contributed by atoms with van der Waals surface area (Å²) < 4.78 is 47.8. The number of sulfonamides is 1. The lowest BCUT2D eigenvalue weighted by molar-refractivity contribution is -0.121. The molecule has 0 aliphatic carbocycles. The molecule has 9 nitrogen and oxygen atoms in total. The van der Waals surface area contributed by atoms with E-state index in [2.05, 4.69) is 5.32 Å². The molecule has 1 aliphatic rings. The van der Waals surface area contributed by atoms with Gasteiger partial charge in [-0.15, -0.1) is 0 Å². The van der Waals surface area contributed by atoms with Crippen LogP contribution < -0.4 is 28.6 Å². The molecule has 0 radical (unpaired) electrons. The van der Waals surface area contributed by atoms with Crippen LogP contribution in [0.15, 0.2) is 42.5 Å². The van der Waals surface area contributed by atoms with Crippen molar-refractivity contribution in [1.82, 2.24) is 5.32 Å². The Morgan fingerprint density at radius 3 is 2.42 bits per heavy atom. The van der Waals surface area contributed by atoms with E-state index in [1.807, 2.05) is 6.92 Å². The number of nitrogens with zero attached hydrogens (tertiary/aromatic N) is 1. The quantitative estimate of drug-likeness (QED) is 0.529. The Hall–Kier alpha value is -3.14. The highest BCUT2D eigenvalue weighted by atomic mass is 32.2. The number of anilines is 1. The van der Waals surface area contributed by atoms with Gasteiger partial charge in [0.05, 0.1) is 25.1 Å². The van der Waals surface area contributed by atoms with Gasteiger partial charge >= 0.3 is 0 Å². The molecule has 0 fully saturated rings. The van der Waals surface area contributed by atoms with Crippen LogP contribution in [0.25, 0.3) is 0 Å². The van der Waals surface area contributed by atoms with Crippen molar-refractivity contribution in [3.05, 3.63) is 42.5 Å². The number of hydrogen-bond acceptors (Lipinski definition) is 7. The number of ether oxygens (including phenoxy) is 4. The zero-order valence-corrected chi connectivity index (χ0v) is 19.9. The molecule has 0 spiro atoms. The maximum Gasteiger partial charge on any atom is 0.232 e. The highest BCUT2D eigenvalue weighted by Gasteiger charge is 2.21. The van der Waals surface area contributed by atoms with Crippen LogP contribution in [0, 0.1) is 0 Å². The first-order valence-electron chi connectivity index (χ1n) is 10.7. The fourth-order valence-corrected chi connectivity index (χ4v) is 4.30. The molecule has 2 aromatic carbocycles. The van der Waals surface area contributed by atoms with Crippen molar-refractivity contribution in [2.24, 2.45) is 0 Å². The fraction of sp³-hybridized carbons (Fsp3) is 0.435. The predicted molar refractivity (Wildman–Crippen MR) is 125 cm³/mol. The van der Waals surface area contributed by atoms with E-state index in [-0.39, 0.29) is 24.9 Å². The molecule has 0 bridgehead atoms. The van der Waals surface area contributed by atoms with Crippen LogP contribution in [0.1, 0.15) is 19.8 Å². The van der Waals surface area contributed by atoms with Gasteiger partial charge in [-0.2, -0.15) is 0 Å². The van der Waals surface area contributed by atoms with Crippen LogP contribution in [0.4, 0.5) is 5.69 Å². The summed E-state index contributed by atoms with van der Waals surface area (Å²) in [6.45, 7) is 3.20. The van der Waals surface area contributed by atoms with Crippen molar-refractivity contribution >= 4 is 21.6 Å². The second-order valence-corrected chi connectivity index (χ2v) is 9.63. The zero-order valence-electron chi connectivity index (χ0n) is 19.1. The number of benzene rings is 2. The highest BCUT2D eigenvalue weighted by Crippen LogP contribution is 2.34. The summed E-state index contributed by atoms with van der Waals surface area (Å²) in [5, 5.41) is 2.87. The number of rotatable bonds is 11. The lowest BCUT2D eigenvalue weighted by atomic mass is 10.2. The number of fused-ring (bicyclic) bond motifs is 1. The molecule has 180 valence electrons. The van der Waals surface area contributed by atoms with E-state index in [1.54, 1.807) is 49.6 Å². The predicted octanol–water partition coefficient (Wildman–Crippen LogP) is 2.60. The third kappa shape index (κ3) is 7.18. The molecule has 2 aromatic rings. The topological polar surface area (TPSA) is 103 Å². The molecule has 1 N–H and O–H groups in total. The van der Waals surface area contributed by atoms with Crippen LogP contribution >= 0.6 is 0 Å². The van der Waals surface area contributed by atoms with Gasteiger partial charge in [0.2, 0.25) is 15.9 Å². The van der Waals surface area contributed by atoms with Crippen LogP contribution in [-0.4, -0.2) is 60.1 Å². The van der Waals surface area contributed by atoms with Gasteiger partial charge in [-0.3, -0.25) is 9.10 Å². The standard InChI is InChI=1S/C23H30N2O7S/c1-17(16-32-20-9-7-19(29-2)8-10-20)24-23(26)5-4-12-25(33(3,27)28)18-6-11-21-22(15-18)31-14-13-30-21/h6-11,15,17H,4-5,12-14,16H2,1-3H3,(H,24,26)/t17-/m0/s1. The molecule has 3 rings (SSSR count). The first kappa shape index (κ1) is 24.5. The third-order valence-electron chi connectivity index (χ3n) is 4.95. The molecule has 10 heteroatoms. The van der Waals surface area contributed by atoms with Crippen molar-refractivity contribution in [3.63, 3.8) is 0 Å². The maximum absolute atomic E-state index is 12.3. The Morgan fingerprint density at radius 2 is 1.76 bits per heavy atom. The summed E-state index contributed by atoms with van der Waals surface area (Å²) in [5.41, 5.74) is 0.475. The van der Waals surface area contributed by atoms with Gasteiger partial charge in [0, 0.05) is 19.0 Å². The van der Waals surface area contributed by atoms with E-state index in [4.69, 9.17) is 18.9 Å². The summed E-state index contributed by atoms with van der Waals surface area (Å²) >= 11 is 0. The van der Waals surface area contributed by atoms with Crippen LogP contribution in [-0.2, 0) is 14.8 Å². The molecule has 0 saturated heterocycles. The Kier molecular flexibility index (Phi) is 8.26. The maximum atomic E-state index is 12.3. The molecule has 33 heavy (non-hydrogen) atoms. The smallest absolute Gasteiger partial charge is 0.232 e. The van der Waals surface area contributed by atoms with Gasteiger partial charge < -0.3 is 24.3 Å². The molecule has 0 saturated carbocycles. The van der Waals surface area contributed by atoms with E-state index < -0.39 is 10.0 Å². The van der Waals surface area contributed by atoms with E-state index in [0.29, 0.717) is 49.2 Å². The second kappa shape index (κ2) is 11.1. The number of carbonyl (C=O) groups excluding carboxylic acids is 1. The summed E-state index contributed by atoms with van der Waals surface area (Å²) in [4.78, 5) is 12.3. The van der Waals surface area contributed by atoms with Gasteiger partial charge in [0.1, 0.15) is 31.3 Å². The Labute approximate surface area is 194 Å². The molecule has 1 heterocycles. The molecule has 1 aliphatic heterocycles. The number of carbonyl (C=O) groups is 1. The highest BCUT2D eigenvalue weighted by molar-refractivity contribution is 7.92. The first-order chi connectivity index (χ1) is 15.8. The minimum Gasteiger partial charge on any atom is -0.497 e. The average Bonchev–Trinajstić information content (AvgIpc) is 2.79. The summed E-state index contributed by atoms with van der Waals surface area (Å²) in [6, 6.07) is 12.0. The summed E-state index contributed by atoms with van der Waals surface area (Å²) in [7, 11) is -1.94. The van der Waals surface area contributed by atoms with Crippen LogP contribution in [0.5, 0.6) is 23.0 Å². The fourth-order valence-electron chi connectivity index (χ4n) is 3.34. The van der Waals surface area contributed by atoms with Crippen LogP contribution in [0.2, 0.25) is 0 Å². The summed E-state index contributed by atoms with van der Waals surface area (Å²) in [5.74, 6) is 2.35. The Balaban J connectivity index is 1.47. The van der Waals surface area contributed by atoms with Gasteiger partial charge in [0.15, 0.2) is 11.5 Å². The van der Waals surface area contributed by atoms with Gasteiger partial charge in [-0.05, 0) is 49.7 Å². The van der Waals surface area contributed by atoms with E-state index >= 15 is 0 Å². The van der Waals surface area contributed by atoms with Crippen molar-refractivity contribution < 1.29 is 32.2 Å². The Bertz CT molecular complexity index is 1040. The average molecular weight is 479 g/mol. The van der Waals surface area contributed by atoms with Crippen molar-refractivity contribution in [2.75, 3.05) is 44.0 Å². The Morgan fingerprint density at radius 1 is 1.09 bits per heavy atom. The number of amides is 1. The largest absolute Gasteiger partial charge is 0.497 e. The third-order valence-corrected chi connectivity index (χ3v) is 6.14. The zero-order chi connectivity index (χ0) is 23.8. The van der Waals surface area contributed by atoms with Crippen LogP contribution in [0.3, 0.4) is 0 Å². The molecule has 1 atom stereocenters. The summed E-state index contributed by atoms with van der Waals surface area (Å²) in [6.07, 6.45) is 1.69. The van der Waals surface area contributed by atoms with E-state index in [0.717, 1.165) is 12.0 Å². The molecule has 1 amide bonds. The molecular formula is C23H30N2O7S. The minimum atomic E-state index is -3.53. The lowest BCUT2D eigenvalue weighted by Gasteiger charge is -2.25. The first-order valence-corrected chi connectivity index (χ1v) is 12.5. The van der Waals surface area contributed by atoms with Crippen molar-refractivity contribution in [1.29, 1.82) is 0 Å². The second-order valence-electron chi connectivity index (χ2n) is 7.72. The van der Waals surface area contributed by atoms with E-state index in [1.165, 1.54) is 4.31 Å². The normalized spacial score (nSPS) is 13.7.